The number of hydrogen-bond acceptors (Lipinski definition) is 2. The van der Waals surface area contributed by atoms with E-state index in [-0.39, 0.29) is 11.5 Å². The van der Waals surface area contributed by atoms with E-state index in [0.717, 1.165) is 12.1 Å². The van der Waals surface area contributed by atoms with Crippen LogP contribution in [0, 0.1) is 5.92 Å². The number of rotatable bonds is 4. The Bertz CT molecular complexity index is 446. The van der Waals surface area contributed by atoms with Gasteiger partial charge in [-0.05, 0) is 47.0 Å². The number of benzene rings is 1. The first-order chi connectivity index (χ1) is 8.60. The van der Waals surface area contributed by atoms with Crippen LogP contribution in [-0.2, 0) is 6.18 Å². The molecule has 0 heterocycles. The lowest BCUT2D eigenvalue weighted by Crippen LogP contribution is -2.47. The average Bonchev–Trinajstić information content (AvgIpc) is 2.30. The molecule has 3 N–H and O–H groups in total. The van der Waals surface area contributed by atoms with Crippen molar-refractivity contribution in [3.8, 4) is 0 Å². The van der Waals surface area contributed by atoms with Crippen LogP contribution in [0.3, 0.4) is 0 Å². The summed E-state index contributed by atoms with van der Waals surface area (Å²) in [5.74, 6) is 0.242. The maximum Gasteiger partial charge on any atom is 0.416 e. The van der Waals surface area contributed by atoms with Crippen molar-refractivity contribution in [3.63, 3.8) is 0 Å². The number of nitrogens with two attached hydrogens (primary N) is 1. The van der Waals surface area contributed by atoms with E-state index in [9.17, 15) is 13.2 Å². The summed E-state index contributed by atoms with van der Waals surface area (Å²) in [5.41, 5.74) is 5.30. The van der Waals surface area contributed by atoms with Crippen molar-refractivity contribution < 1.29 is 13.2 Å². The molecule has 0 aliphatic heterocycles. The van der Waals surface area contributed by atoms with Crippen molar-refractivity contribution >= 4 is 21.6 Å². The highest BCUT2D eigenvalue weighted by atomic mass is 79.9. The van der Waals surface area contributed by atoms with Crippen LogP contribution < -0.4 is 11.1 Å². The highest BCUT2D eigenvalue weighted by Crippen LogP contribution is 2.35. The molecule has 0 radical (unpaired) electrons. The van der Waals surface area contributed by atoms with Gasteiger partial charge >= 0.3 is 6.18 Å². The Balaban J connectivity index is 3.04. The summed E-state index contributed by atoms with van der Waals surface area (Å²) >= 11 is 3.17. The second kappa shape index (κ2) is 5.71. The fourth-order valence-electron chi connectivity index (χ4n) is 1.53. The Kier molecular flexibility index (Phi) is 4.90. The summed E-state index contributed by atoms with van der Waals surface area (Å²) in [5, 5.41) is 3.21. The molecule has 2 nitrogen and oxygen atoms in total. The molecule has 1 atom stereocenters. The monoisotopic (exact) mass is 338 g/mol. The lowest BCUT2D eigenvalue weighted by molar-refractivity contribution is -0.137. The van der Waals surface area contributed by atoms with Crippen LogP contribution in [0.5, 0.6) is 0 Å². The number of hydrogen-bond donors (Lipinski definition) is 2. The van der Waals surface area contributed by atoms with Gasteiger partial charge in [-0.3, -0.25) is 0 Å². The first kappa shape index (κ1) is 16.3. The number of alkyl halides is 3. The summed E-state index contributed by atoms with van der Waals surface area (Å²) < 4.78 is 38.1. The van der Waals surface area contributed by atoms with Crippen LogP contribution in [-0.4, -0.2) is 12.1 Å². The first-order valence-electron chi connectivity index (χ1n) is 5.95. The van der Waals surface area contributed by atoms with Gasteiger partial charge in [-0.25, -0.2) is 0 Å². The van der Waals surface area contributed by atoms with E-state index in [2.05, 4.69) is 21.2 Å². The van der Waals surface area contributed by atoms with Crippen LogP contribution >= 0.6 is 15.9 Å². The summed E-state index contributed by atoms with van der Waals surface area (Å²) in [4.78, 5) is 0. The van der Waals surface area contributed by atoms with Crippen molar-refractivity contribution in [3.05, 3.63) is 28.2 Å². The van der Waals surface area contributed by atoms with Gasteiger partial charge in [0.15, 0.2) is 0 Å². The largest absolute Gasteiger partial charge is 0.416 e. The minimum Gasteiger partial charge on any atom is -0.377 e. The van der Waals surface area contributed by atoms with Gasteiger partial charge in [-0.1, -0.05) is 13.8 Å². The van der Waals surface area contributed by atoms with E-state index in [4.69, 9.17) is 5.73 Å². The molecule has 0 aliphatic carbocycles. The van der Waals surface area contributed by atoms with Crippen LogP contribution in [0.15, 0.2) is 22.7 Å². The standard InChI is InChI=1S/C13H18BrF3N2/c1-8(2)12(3,7-18)19-11-5-4-9(6-10(11)14)13(15,16)17/h4-6,8,19H,7,18H2,1-3H3. The van der Waals surface area contributed by atoms with Gasteiger partial charge < -0.3 is 11.1 Å². The van der Waals surface area contributed by atoms with Gasteiger partial charge in [-0.2, -0.15) is 13.2 Å². The molecule has 0 saturated carbocycles. The first-order valence-corrected chi connectivity index (χ1v) is 6.74. The molecule has 0 fully saturated rings. The third kappa shape index (κ3) is 3.86. The lowest BCUT2D eigenvalue weighted by Gasteiger charge is -2.35. The molecular weight excluding hydrogens is 321 g/mol. The van der Waals surface area contributed by atoms with Crippen LogP contribution in [0.1, 0.15) is 26.3 Å². The SMILES string of the molecule is CC(C)C(C)(CN)Nc1ccc(C(F)(F)F)cc1Br. The van der Waals surface area contributed by atoms with Crippen LogP contribution in [0.4, 0.5) is 18.9 Å². The molecule has 1 aromatic rings. The van der Waals surface area contributed by atoms with Gasteiger partial charge in [-0.15, -0.1) is 0 Å². The van der Waals surface area contributed by atoms with Gasteiger partial charge in [0.2, 0.25) is 0 Å². The van der Waals surface area contributed by atoms with Crippen LogP contribution in [0.25, 0.3) is 0 Å². The third-order valence-electron chi connectivity index (χ3n) is 3.41. The van der Waals surface area contributed by atoms with Gasteiger partial charge in [0.05, 0.1) is 5.56 Å². The normalized spacial score (nSPS) is 15.4. The molecule has 1 rings (SSSR count). The van der Waals surface area contributed by atoms with Gasteiger partial charge in [0.25, 0.3) is 0 Å². The Morgan fingerprint density at radius 1 is 1.32 bits per heavy atom. The fourth-order valence-corrected chi connectivity index (χ4v) is 2.01. The smallest absolute Gasteiger partial charge is 0.377 e. The summed E-state index contributed by atoms with van der Waals surface area (Å²) in [6.07, 6.45) is -4.34. The quantitative estimate of drug-likeness (QED) is 0.861. The molecule has 0 spiro atoms. The predicted octanol–water partition coefficient (Wildman–Crippen LogP) is 4.25. The van der Waals surface area contributed by atoms with Crippen molar-refractivity contribution in [2.24, 2.45) is 11.7 Å². The van der Waals surface area contributed by atoms with Crippen LogP contribution in [0.2, 0.25) is 0 Å². The molecule has 0 amide bonds. The second-order valence-corrected chi connectivity index (χ2v) is 5.95. The molecule has 108 valence electrons. The fraction of sp³-hybridized carbons (Fsp3) is 0.538. The molecular formula is C13H18BrF3N2. The van der Waals surface area contributed by atoms with Gasteiger partial charge in [0, 0.05) is 22.2 Å². The average molecular weight is 339 g/mol. The lowest BCUT2D eigenvalue weighted by atomic mass is 9.88. The number of anilines is 1. The minimum absolute atomic E-state index is 0.242. The van der Waals surface area contributed by atoms with E-state index in [1.165, 1.54) is 6.07 Å². The van der Waals surface area contributed by atoms with E-state index in [1.54, 1.807) is 0 Å². The molecule has 0 aromatic heterocycles. The Labute approximate surface area is 119 Å². The summed E-state index contributed by atoms with van der Waals surface area (Å²) in [6, 6.07) is 3.55. The second-order valence-electron chi connectivity index (χ2n) is 5.09. The summed E-state index contributed by atoms with van der Waals surface area (Å²) in [7, 11) is 0. The Morgan fingerprint density at radius 3 is 2.26 bits per heavy atom. The molecule has 19 heavy (non-hydrogen) atoms. The topological polar surface area (TPSA) is 38.0 Å². The van der Waals surface area contributed by atoms with Crippen molar-refractivity contribution in [2.45, 2.75) is 32.5 Å². The molecule has 1 unspecified atom stereocenters. The zero-order valence-electron chi connectivity index (χ0n) is 11.1. The predicted molar refractivity (Wildman–Crippen MR) is 75.1 cm³/mol. The summed E-state index contributed by atoms with van der Waals surface area (Å²) in [6.45, 7) is 6.36. The number of halogens is 4. The van der Waals surface area contributed by atoms with E-state index < -0.39 is 11.7 Å². The third-order valence-corrected chi connectivity index (χ3v) is 4.07. The van der Waals surface area contributed by atoms with Crippen molar-refractivity contribution in [1.29, 1.82) is 0 Å². The maximum absolute atomic E-state index is 12.6. The van der Waals surface area contributed by atoms with Crippen molar-refractivity contribution in [1.82, 2.24) is 0 Å². The Hall–Kier alpha value is -0.750. The highest BCUT2D eigenvalue weighted by molar-refractivity contribution is 9.10. The molecule has 0 aliphatic rings. The molecule has 0 bridgehead atoms. The van der Waals surface area contributed by atoms with E-state index in [1.807, 2.05) is 20.8 Å². The molecule has 6 heteroatoms. The van der Waals surface area contributed by atoms with E-state index in [0.29, 0.717) is 16.7 Å². The number of nitrogens with one attached hydrogen (secondary N) is 1. The maximum atomic E-state index is 12.6. The van der Waals surface area contributed by atoms with Crippen molar-refractivity contribution in [2.75, 3.05) is 11.9 Å². The Morgan fingerprint density at radius 2 is 1.89 bits per heavy atom. The van der Waals surface area contributed by atoms with Gasteiger partial charge in [0.1, 0.15) is 0 Å². The zero-order chi connectivity index (χ0) is 14.8. The van der Waals surface area contributed by atoms with E-state index >= 15 is 0 Å². The minimum atomic E-state index is -4.34. The molecule has 0 saturated heterocycles. The zero-order valence-corrected chi connectivity index (χ0v) is 12.7. The highest BCUT2D eigenvalue weighted by Gasteiger charge is 2.32. The molecule has 1 aromatic carbocycles.